The second-order valence-corrected chi connectivity index (χ2v) is 3.95. The van der Waals surface area contributed by atoms with Crippen molar-refractivity contribution in [3.8, 4) is 0 Å². The van der Waals surface area contributed by atoms with Crippen LogP contribution in [0.3, 0.4) is 0 Å². The van der Waals surface area contributed by atoms with Crippen LogP contribution in [0.1, 0.15) is 19.5 Å². The van der Waals surface area contributed by atoms with E-state index in [1.165, 1.54) is 0 Å². The molecule has 0 aliphatic rings. The van der Waals surface area contributed by atoms with Crippen LogP contribution in [-0.2, 0) is 6.42 Å². The summed E-state index contributed by atoms with van der Waals surface area (Å²) in [6, 6.07) is 4.45. The molecule has 0 aliphatic heterocycles. The van der Waals surface area contributed by atoms with Gasteiger partial charge in [-0.2, -0.15) is 0 Å². The minimum Gasteiger partial charge on any atom is -0.314 e. The predicted octanol–water partition coefficient (Wildman–Crippen LogP) is 2.38. The Hall–Kier alpha value is -0.410. The van der Waals surface area contributed by atoms with Crippen molar-refractivity contribution in [3.05, 3.63) is 28.5 Å². The SMILES string of the molecule is CCNC(C)Cc1ncccc1Br. The molecule has 2 nitrogen and oxygen atoms in total. The maximum Gasteiger partial charge on any atom is 0.0560 e. The average molecular weight is 243 g/mol. The van der Waals surface area contributed by atoms with Gasteiger partial charge in [0.1, 0.15) is 0 Å². The van der Waals surface area contributed by atoms with Gasteiger partial charge in [0.15, 0.2) is 0 Å². The molecule has 13 heavy (non-hydrogen) atoms. The predicted molar refractivity (Wildman–Crippen MR) is 58.8 cm³/mol. The molecule has 0 saturated heterocycles. The largest absolute Gasteiger partial charge is 0.314 e. The van der Waals surface area contributed by atoms with Crippen molar-refractivity contribution in [2.24, 2.45) is 0 Å². The molecule has 1 heterocycles. The minimum atomic E-state index is 0.483. The van der Waals surface area contributed by atoms with Gasteiger partial charge < -0.3 is 5.32 Å². The van der Waals surface area contributed by atoms with Gasteiger partial charge in [-0.3, -0.25) is 4.98 Å². The lowest BCUT2D eigenvalue weighted by Crippen LogP contribution is -2.28. The molecule has 0 bridgehead atoms. The molecule has 0 aliphatic carbocycles. The van der Waals surface area contributed by atoms with E-state index < -0.39 is 0 Å². The van der Waals surface area contributed by atoms with E-state index in [4.69, 9.17) is 0 Å². The fourth-order valence-electron chi connectivity index (χ4n) is 1.28. The minimum absolute atomic E-state index is 0.483. The highest BCUT2D eigenvalue weighted by atomic mass is 79.9. The number of nitrogens with one attached hydrogen (secondary N) is 1. The maximum absolute atomic E-state index is 4.31. The Morgan fingerprint density at radius 1 is 1.62 bits per heavy atom. The van der Waals surface area contributed by atoms with Crippen LogP contribution in [0.5, 0.6) is 0 Å². The number of aromatic nitrogens is 1. The number of pyridine rings is 1. The van der Waals surface area contributed by atoms with Crippen molar-refractivity contribution in [3.63, 3.8) is 0 Å². The molecule has 0 saturated carbocycles. The molecule has 1 aromatic rings. The first-order valence-electron chi connectivity index (χ1n) is 4.56. The molecular weight excluding hydrogens is 228 g/mol. The summed E-state index contributed by atoms with van der Waals surface area (Å²) in [6.07, 6.45) is 2.80. The number of halogens is 1. The average Bonchev–Trinajstić information content (AvgIpc) is 2.09. The second kappa shape index (κ2) is 5.35. The highest BCUT2D eigenvalue weighted by Crippen LogP contribution is 2.14. The summed E-state index contributed by atoms with van der Waals surface area (Å²) in [4.78, 5) is 4.31. The van der Waals surface area contributed by atoms with Gasteiger partial charge in [-0.05, 0) is 41.5 Å². The number of hydrogen-bond donors (Lipinski definition) is 1. The number of nitrogens with zero attached hydrogens (tertiary/aromatic N) is 1. The van der Waals surface area contributed by atoms with Crippen LogP contribution in [0, 0.1) is 0 Å². The van der Waals surface area contributed by atoms with Gasteiger partial charge in [0.05, 0.1) is 5.69 Å². The second-order valence-electron chi connectivity index (χ2n) is 3.09. The summed E-state index contributed by atoms with van der Waals surface area (Å²) in [6.45, 7) is 5.29. The first kappa shape index (κ1) is 10.7. The van der Waals surface area contributed by atoms with E-state index in [1.807, 2.05) is 18.3 Å². The lowest BCUT2D eigenvalue weighted by molar-refractivity contribution is 0.558. The summed E-state index contributed by atoms with van der Waals surface area (Å²) < 4.78 is 1.10. The summed E-state index contributed by atoms with van der Waals surface area (Å²) in [5.74, 6) is 0. The fraction of sp³-hybridized carbons (Fsp3) is 0.500. The quantitative estimate of drug-likeness (QED) is 0.878. The first-order valence-corrected chi connectivity index (χ1v) is 5.36. The molecule has 72 valence electrons. The van der Waals surface area contributed by atoms with Crippen molar-refractivity contribution in [2.45, 2.75) is 26.3 Å². The fourth-order valence-corrected chi connectivity index (χ4v) is 1.70. The number of hydrogen-bond acceptors (Lipinski definition) is 2. The van der Waals surface area contributed by atoms with Gasteiger partial charge in [0.25, 0.3) is 0 Å². The molecule has 1 atom stereocenters. The summed E-state index contributed by atoms with van der Waals surface area (Å²) in [5.41, 5.74) is 1.12. The van der Waals surface area contributed by atoms with E-state index in [0.717, 1.165) is 23.1 Å². The van der Waals surface area contributed by atoms with Crippen LogP contribution < -0.4 is 5.32 Å². The lowest BCUT2D eigenvalue weighted by Gasteiger charge is -2.12. The molecule has 1 aromatic heterocycles. The molecule has 3 heteroatoms. The molecule has 0 aromatic carbocycles. The Bertz CT molecular complexity index is 263. The number of rotatable bonds is 4. The third kappa shape index (κ3) is 3.44. The summed E-state index contributed by atoms with van der Waals surface area (Å²) in [5, 5.41) is 3.36. The molecule has 0 amide bonds. The maximum atomic E-state index is 4.31. The third-order valence-electron chi connectivity index (χ3n) is 1.89. The Kier molecular flexibility index (Phi) is 4.39. The summed E-state index contributed by atoms with van der Waals surface area (Å²) in [7, 11) is 0. The Morgan fingerprint density at radius 2 is 2.38 bits per heavy atom. The van der Waals surface area contributed by atoms with Gasteiger partial charge in [-0.25, -0.2) is 0 Å². The topological polar surface area (TPSA) is 24.9 Å². The summed E-state index contributed by atoms with van der Waals surface area (Å²) >= 11 is 3.49. The molecule has 0 spiro atoms. The van der Waals surface area contributed by atoms with Crippen LogP contribution in [0.15, 0.2) is 22.8 Å². The smallest absolute Gasteiger partial charge is 0.0560 e. The molecule has 1 N–H and O–H groups in total. The highest BCUT2D eigenvalue weighted by molar-refractivity contribution is 9.10. The van der Waals surface area contributed by atoms with Crippen LogP contribution in [0.25, 0.3) is 0 Å². The van der Waals surface area contributed by atoms with Crippen LogP contribution in [-0.4, -0.2) is 17.6 Å². The van der Waals surface area contributed by atoms with Crippen molar-refractivity contribution in [2.75, 3.05) is 6.54 Å². The molecule has 1 rings (SSSR count). The van der Waals surface area contributed by atoms with E-state index in [0.29, 0.717) is 6.04 Å². The molecule has 1 unspecified atom stereocenters. The Balaban J connectivity index is 2.58. The number of likely N-dealkylation sites (N-methyl/N-ethyl adjacent to an activating group) is 1. The zero-order valence-corrected chi connectivity index (χ0v) is 9.63. The van der Waals surface area contributed by atoms with Gasteiger partial charge in [0, 0.05) is 23.1 Å². The molecular formula is C10H15BrN2. The first-order chi connectivity index (χ1) is 6.24. The van der Waals surface area contributed by atoms with Crippen LogP contribution in [0.2, 0.25) is 0 Å². The van der Waals surface area contributed by atoms with E-state index in [1.54, 1.807) is 0 Å². The normalized spacial score (nSPS) is 12.8. The van der Waals surface area contributed by atoms with Crippen molar-refractivity contribution in [1.82, 2.24) is 10.3 Å². The molecule has 0 fully saturated rings. The van der Waals surface area contributed by atoms with Crippen molar-refractivity contribution in [1.29, 1.82) is 0 Å². The van der Waals surface area contributed by atoms with Crippen LogP contribution >= 0.6 is 15.9 Å². The standard InChI is InChI=1S/C10H15BrN2/c1-3-12-8(2)7-10-9(11)5-4-6-13-10/h4-6,8,12H,3,7H2,1-2H3. The van der Waals surface area contributed by atoms with E-state index in [-0.39, 0.29) is 0 Å². The van der Waals surface area contributed by atoms with E-state index >= 15 is 0 Å². The third-order valence-corrected chi connectivity index (χ3v) is 2.61. The lowest BCUT2D eigenvalue weighted by atomic mass is 10.1. The zero-order chi connectivity index (χ0) is 9.68. The Morgan fingerprint density at radius 3 is 3.00 bits per heavy atom. The van der Waals surface area contributed by atoms with Gasteiger partial charge in [0.2, 0.25) is 0 Å². The molecule has 0 radical (unpaired) electrons. The van der Waals surface area contributed by atoms with E-state index in [2.05, 4.69) is 40.1 Å². The highest BCUT2D eigenvalue weighted by Gasteiger charge is 2.05. The van der Waals surface area contributed by atoms with Gasteiger partial charge in [-0.1, -0.05) is 6.92 Å². The van der Waals surface area contributed by atoms with Gasteiger partial charge >= 0.3 is 0 Å². The van der Waals surface area contributed by atoms with Crippen molar-refractivity contribution < 1.29 is 0 Å². The van der Waals surface area contributed by atoms with Crippen LogP contribution in [0.4, 0.5) is 0 Å². The monoisotopic (exact) mass is 242 g/mol. The van der Waals surface area contributed by atoms with Gasteiger partial charge in [-0.15, -0.1) is 0 Å². The van der Waals surface area contributed by atoms with E-state index in [9.17, 15) is 0 Å². The zero-order valence-electron chi connectivity index (χ0n) is 8.05. The Labute approximate surface area is 87.9 Å². The van der Waals surface area contributed by atoms with Crippen molar-refractivity contribution >= 4 is 15.9 Å².